The van der Waals surface area contributed by atoms with Crippen molar-refractivity contribution in [1.29, 1.82) is 0 Å². The Labute approximate surface area is 175 Å². The Balaban J connectivity index is 1.90. The second-order valence-corrected chi connectivity index (χ2v) is 7.13. The second-order valence-electron chi connectivity index (χ2n) is 7.13. The Morgan fingerprint density at radius 3 is 2.39 bits per heavy atom. The Morgan fingerprint density at radius 1 is 1.03 bits per heavy atom. The number of nitrogens with zero attached hydrogens (tertiary/aromatic N) is 4. The molecule has 0 radical (unpaired) electrons. The van der Waals surface area contributed by atoms with Gasteiger partial charge in [-0.15, -0.1) is 5.10 Å². The van der Waals surface area contributed by atoms with Gasteiger partial charge in [0, 0.05) is 18.8 Å². The molecule has 4 rings (SSSR count). The molecule has 2 heterocycles. The van der Waals surface area contributed by atoms with E-state index in [1.165, 1.54) is 34.9 Å². The van der Waals surface area contributed by atoms with Crippen LogP contribution in [-0.2, 0) is 13.2 Å². The number of fused-ring (bicyclic) bond motifs is 1. The zero-order chi connectivity index (χ0) is 22.5. The van der Waals surface area contributed by atoms with E-state index in [1.54, 1.807) is 24.9 Å². The van der Waals surface area contributed by atoms with Gasteiger partial charge in [-0.25, -0.2) is 9.07 Å². The van der Waals surface area contributed by atoms with Gasteiger partial charge in [0.1, 0.15) is 18.3 Å². The summed E-state index contributed by atoms with van der Waals surface area (Å²) in [5, 5.41) is 4.15. The molecule has 0 saturated heterocycles. The summed E-state index contributed by atoms with van der Waals surface area (Å²) in [5.41, 5.74) is 0.302. The van der Waals surface area contributed by atoms with Gasteiger partial charge >= 0.3 is 6.18 Å². The summed E-state index contributed by atoms with van der Waals surface area (Å²) < 4.78 is 60.3. The molecule has 2 aromatic carbocycles. The molecule has 0 spiro atoms. The Kier molecular flexibility index (Phi) is 4.87. The van der Waals surface area contributed by atoms with Gasteiger partial charge < -0.3 is 9.64 Å². The molecule has 10 heteroatoms. The van der Waals surface area contributed by atoms with Crippen LogP contribution in [0.4, 0.5) is 34.8 Å². The fraction of sp³-hybridized carbons (Fsp3) is 0.238. The topological polar surface area (TPSA) is 50.6 Å². The summed E-state index contributed by atoms with van der Waals surface area (Å²) >= 11 is 0. The molecule has 6 nitrogen and oxygen atoms in total. The van der Waals surface area contributed by atoms with Crippen LogP contribution in [0.5, 0.6) is 5.88 Å². The average molecular weight is 434 g/mol. The Morgan fingerprint density at radius 2 is 1.77 bits per heavy atom. The maximum absolute atomic E-state index is 13.7. The first-order valence-electron chi connectivity index (χ1n) is 9.25. The van der Waals surface area contributed by atoms with Crippen LogP contribution in [0.25, 0.3) is 0 Å². The minimum atomic E-state index is -4.58. The van der Waals surface area contributed by atoms with Crippen LogP contribution in [0.15, 0.2) is 42.5 Å². The summed E-state index contributed by atoms with van der Waals surface area (Å²) in [7, 11) is 3.06. The van der Waals surface area contributed by atoms with Gasteiger partial charge in [0.05, 0.1) is 23.9 Å². The first kappa shape index (κ1) is 20.7. The number of aromatic nitrogens is 2. The number of hydrogen-bond acceptors (Lipinski definition) is 4. The van der Waals surface area contributed by atoms with E-state index in [9.17, 15) is 22.4 Å². The highest BCUT2D eigenvalue weighted by atomic mass is 19.4. The molecule has 0 unspecified atom stereocenters. The third-order valence-corrected chi connectivity index (χ3v) is 5.14. The molecule has 0 aliphatic carbocycles. The number of hydrogen-bond donors (Lipinski definition) is 0. The van der Waals surface area contributed by atoms with Crippen LogP contribution in [0.2, 0.25) is 0 Å². The van der Waals surface area contributed by atoms with Crippen molar-refractivity contribution in [2.75, 3.05) is 23.6 Å². The van der Waals surface area contributed by atoms with Gasteiger partial charge in [0.2, 0.25) is 5.88 Å². The summed E-state index contributed by atoms with van der Waals surface area (Å²) in [5.74, 6) is -0.262. The van der Waals surface area contributed by atoms with Crippen molar-refractivity contribution in [2.24, 2.45) is 7.05 Å². The van der Waals surface area contributed by atoms with E-state index in [1.807, 2.05) is 0 Å². The maximum atomic E-state index is 13.7. The molecule has 3 aromatic rings. The minimum Gasteiger partial charge on any atom is -0.480 e. The number of alkyl halides is 3. The number of benzene rings is 2. The van der Waals surface area contributed by atoms with Crippen molar-refractivity contribution in [2.45, 2.75) is 13.1 Å². The highest BCUT2D eigenvalue weighted by molar-refractivity contribution is 6.12. The SMILES string of the molecule is COc1cc(N2CN(c3ccc(F)cc3C)c3cc(C(F)(F)F)ccc3C2=O)n(C)n1. The maximum Gasteiger partial charge on any atom is 0.416 e. The number of anilines is 3. The quantitative estimate of drug-likeness (QED) is 0.563. The molecular weight excluding hydrogens is 416 g/mol. The predicted molar refractivity (Wildman–Crippen MR) is 106 cm³/mol. The van der Waals surface area contributed by atoms with E-state index in [4.69, 9.17) is 4.74 Å². The van der Waals surface area contributed by atoms with E-state index in [0.717, 1.165) is 18.2 Å². The van der Waals surface area contributed by atoms with Crippen molar-refractivity contribution in [3.05, 3.63) is 65.0 Å². The third-order valence-electron chi connectivity index (χ3n) is 5.14. The first-order chi connectivity index (χ1) is 14.6. The van der Waals surface area contributed by atoms with E-state index in [0.29, 0.717) is 17.1 Å². The fourth-order valence-corrected chi connectivity index (χ4v) is 3.63. The number of amides is 1. The standard InChI is InChI=1S/C21H18F4N4O2/c1-12-8-14(22)5-7-16(12)28-11-29(19-10-18(31-3)26-27(19)2)20(30)15-6-4-13(9-17(15)28)21(23,24)25/h4-10H,11H2,1-3H3. The molecule has 0 atom stereocenters. The fourth-order valence-electron chi connectivity index (χ4n) is 3.63. The molecule has 1 aliphatic rings. The summed E-state index contributed by atoms with van der Waals surface area (Å²) in [4.78, 5) is 16.2. The van der Waals surface area contributed by atoms with Crippen LogP contribution < -0.4 is 14.5 Å². The van der Waals surface area contributed by atoms with E-state index in [-0.39, 0.29) is 23.8 Å². The second kappa shape index (κ2) is 7.29. The van der Waals surface area contributed by atoms with Gasteiger partial charge in [0.15, 0.2) is 0 Å². The smallest absolute Gasteiger partial charge is 0.416 e. The minimum absolute atomic E-state index is 0.0862. The molecule has 1 aliphatic heterocycles. The number of ether oxygens (including phenoxy) is 1. The Bertz CT molecular complexity index is 1170. The van der Waals surface area contributed by atoms with Crippen molar-refractivity contribution >= 4 is 23.1 Å². The molecule has 0 saturated carbocycles. The molecule has 0 N–H and O–H groups in total. The molecule has 162 valence electrons. The van der Waals surface area contributed by atoms with Gasteiger partial charge in [-0.2, -0.15) is 13.2 Å². The van der Waals surface area contributed by atoms with Gasteiger partial charge in [-0.3, -0.25) is 9.69 Å². The Hall–Kier alpha value is -3.56. The van der Waals surface area contributed by atoms with Gasteiger partial charge in [-0.1, -0.05) is 0 Å². The lowest BCUT2D eigenvalue weighted by atomic mass is 10.0. The van der Waals surface area contributed by atoms with Gasteiger partial charge in [-0.05, 0) is 48.9 Å². The normalized spacial score (nSPS) is 14.1. The molecule has 1 amide bonds. The van der Waals surface area contributed by atoms with Crippen molar-refractivity contribution in [1.82, 2.24) is 9.78 Å². The number of methoxy groups -OCH3 is 1. The predicted octanol–water partition coefficient (Wildman–Crippen LogP) is 4.65. The van der Waals surface area contributed by atoms with Crippen LogP contribution >= 0.6 is 0 Å². The number of aryl methyl sites for hydroxylation is 2. The molecule has 0 fully saturated rings. The lowest BCUT2D eigenvalue weighted by Gasteiger charge is -2.38. The highest BCUT2D eigenvalue weighted by Gasteiger charge is 2.37. The third kappa shape index (κ3) is 3.58. The molecule has 1 aromatic heterocycles. The molecule has 0 bridgehead atoms. The zero-order valence-corrected chi connectivity index (χ0v) is 16.9. The summed E-state index contributed by atoms with van der Waals surface area (Å²) in [6, 6.07) is 8.53. The van der Waals surface area contributed by atoms with Crippen LogP contribution in [0, 0.1) is 12.7 Å². The van der Waals surface area contributed by atoms with E-state index in [2.05, 4.69) is 5.10 Å². The largest absolute Gasteiger partial charge is 0.480 e. The number of rotatable bonds is 3. The molecular formula is C21H18F4N4O2. The van der Waals surface area contributed by atoms with Crippen LogP contribution in [0.3, 0.4) is 0 Å². The highest BCUT2D eigenvalue weighted by Crippen LogP contribution is 2.41. The first-order valence-corrected chi connectivity index (χ1v) is 9.25. The van der Waals surface area contributed by atoms with Crippen molar-refractivity contribution < 1.29 is 27.1 Å². The number of carbonyl (C=O) groups is 1. The molecule has 31 heavy (non-hydrogen) atoms. The van der Waals surface area contributed by atoms with Crippen LogP contribution in [0.1, 0.15) is 21.5 Å². The average Bonchev–Trinajstić information content (AvgIpc) is 3.08. The monoisotopic (exact) mass is 434 g/mol. The van der Waals surface area contributed by atoms with Gasteiger partial charge in [0.25, 0.3) is 5.91 Å². The van der Waals surface area contributed by atoms with Crippen molar-refractivity contribution in [3.8, 4) is 5.88 Å². The lowest BCUT2D eigenvalue weighted by molar-refractivity contribution is -0.137. The lowest BCUT2D eigenvalue weighted by Crippen LogP contribution is -2.46. The van der Waals surface area contributed by atoms with E-state index >= 15 is 0 Å². The summed E-state index contributed by atoms with van der Waals surface area (Å²) in [6.45, 7) is 1.56. The number of carbonyl (C=O) groups excluding carboxylic acids is 1. The van der Waals surface area contributed by atoms with Crippen LogP contribution in [-0.4, -0.2) is 29.5 Å². The zero-order valence-electron chi connectivity index (χ0n) is 16.9. The number of halogens is 4. The van der Waals surface area contributed by atoms with Crippen molar-refractivity contribution in [3.63, 3.8) is 0 Å². The van der Waals surface area contributed by atoms with E-state index < -0.39 is 23.5 Å². The summed E-state index contributed by atoms with van der Waals surface area (Å²) in [6.07, 6.45) is -4.58.